The lowest BCUT2D eigenvalue weighted by molar-refractivity contribution is 0.357. The Bertz CT molecular complexity index is 608. The number of nitrogens with one attached hydrogen (secondary N) is 1. The lowest BCUT2D eigenvalue weighted by Gasteiger charge is -2.36. The van der Waals surface area contributed by atoms with Gasteiger partial charge in [-0.3, -0.25) is 0 Å². The third kappa shape index (κ3) is 4.19. The van der Waals surface area contributed by atoms with Gasteiger partial charge in [0, 0.05) is 36.7 Å². The second-order valence-electron chi connectivity index (χ2n) is 6.99. The first-order valence-electron chi connectivity index (χ1n) is 8.53. The van der Waals surface area contributed by atoms with E-state index >= 15 is 0 Å². The first-order valence-corrected chi connectivity index (χ1v) is 8.53. The normalized spacial score (nSPS) is 21.2. The van der Waals surface area contributed by atoms with Gasteiger partial charge in [0.25, 0.3) is 0 Å². The van der Waals surface area contributed by atoms with Crippen molar-refractivity contribution < 1.29 is 0 Å². The van der Waals surface area contributed by atoms with E-state index in [-0.39, 0.29) is 0 Å². The summed E-state index contributed by atoms with van der Waals surface area (Å²) >= 11 is 0. The average molecular weight is 309 g/mol. The number of hydrogen-bond donors (Lipinski definition) is 2. The number of rotatable bonds is 4. The van der Waals surface area contributed by atoms with Crippen LogP contribution >= 0.6 is 0 Å². The van der Waals surface area contributed by atoms with Gasteiger partial charge < -0.3 is 16.0 Å². The van der Waals surface area contributed by atoms with Crippen molar-refractivity contribution in [1.29, 1.82) is 0 Å². The number of nitrogens with zero attached hydrogens (tertiary/aromatic N) is 1. The second-order valence-corrected chi connectivity index (χ2v) is 6.99. The molecule has 0 aromatic heterocycles. The highest BCUT2D eigenvalue weighted by atomic mass is 15.1. The summed E-state index contributed by atoms with van der Waals surface area (Å²) in [6.07, 6.45) is 1.34. The van der Waals surface area contributed by atoms with Gasteiger partial charge in [0.1, 0.15) is 0 Å². The van der Waals surface area contributed by atoms with Crippen LogP contribution in [0.1, 0.15) is 25.8 Å². The van der Waals surface area contributed by atoms with Crippen LogP contribution in [0.25, 0.3) is 0 Å². The van der Waals surface area contributed by atoms with E-state index in [0.717, 1.165) is 29.8 Å². The minimum atomic E-state index is 0.780. The zero-order valence-electron chi connectivity index (χ0n) is 14.1. The summed E-state index contributed by atoms with van der Waals surface area (Å²) in [7, 11) is 0. The molecule has 0 spiro atoms. The molecule has 122 valence electrons. The highest BCUT2D eigenvalue weighted by Gasteiger charge is 2.21. The summed E-state index contributed by atoms with van der Waals surface area (Å²) in [6, 6.07) is 16.8. The molecule has 0 unspecified atom stereocenters. The molecule has 0 amide bonds. The van der Waals surface area contributed by atoms with Crippen LogP contribution in [-0.4, -0.2) is 13.1 Å². The average Bonchev–Trinajstić information content (AvgIpc) is 2.54. The minimum absolute atomic E-state index is 0.780. The molecule has 3 rings (SSSR count). The third-order valence-electron chi connectivity index (χ3n) is 4.58. The Kier molecular flexibility index (Phi) is 4.75. The largest absolute Gasteiger partial charge is 0.399 e. The van der Waals surface area contributed by atoms with Crippen molar-refractivity contribution in [2.45, 2.75) is 26.8 Å². The van der Waals surface area contributed by atoms with Gasteiger partial charge >= 0.3 is 0 Å². The summed E-state index contributed by atoms with van der Waals surface area (Å²) in [6.45, 7) is 7.86. The maximum atomic E-state index is 5.72. The predicted octanol–water partition coefficient (Wildman–Crippen LogP) is 4.36. The first-order chi connectivity index (χ1) is 11.1. The van der Waals surface area contributed by atoms with Crippen molar-refractivity contribution in [2.24, 2.45) is 11.8 Å². The second kappa shape index (κ2) is 6.95. The Balaban J connectivity index is 1.59. The summed E-state index contributed by atoms with van der Waals surface area (Å²) in [4.78, 5) is 2.52. The van der Waals surface area contributed by atoms with Crippen molar-refractivity contribution in [2.75, 3.05) is 29.0 Å². The molecule has 2 aromatic rings. The summed E-state index contributed by atoms with van der Waals surface area (Å²) in [5, 5.41) is 3.47. The monoisotopic (exact) mass is 309 g/mol. The molecule has 1 aliphatic heterocycles. The molecule has 0 saturated carbocycles. The van der Waals surface area contributed by atoms with E-state index in [1.807, 2.05) is 12.1 Å². The maximum absolute atomic E-state index is 5.72. The Hall–Kier alpha value is -2.16. The molecule has 2 aromatic carbocycles. The number of anilines is 3. The molecule has 1 saturated heterocycles. The quantitative estimate of drug-likeness (QED) is 0.824. The van der Waals surface area contributed by atoms with Crippen LogP contribution in [0.3, 0.4) is 0 Å². The molecule has 1 aliphatic rings. The summed E-state index contributed by atoms with van der Waals surface area (Å²) in [5.74, 6) is 1.56. The summed E-state index contributed by atoms with van der Waals surface area (Å²) < 4.78 is 0. The topological polar surface area (TPSA) is 41.3 Å². The van der Waals surface area contributed by atoms with Crippen LogP contribution in [0.5, 0.6) is 0 Å². The highest BCUT2D eigenvalue weighted by molar-refractivity contribution is 5.55. The zero-order chi connectivity index (χ0) is 16.2. The van der Waals surface area contributed by atoms with Gasteiger partial charge in [-0.15, -0.1) is 0 Å². The number of hydrogen-bond acceptors (Lipinski definition) is 3. The van der Waals surface area contributed by atoms with E-state index in [9.17, 15) is 0 Å². The van der Waals surface area contributed by atoms with E-state index in [0.29, 0.717) is 0 Å². The fourth-order valence-corrected chi connectivity index (χ4v) is 3.50. The lowest BCUT2D eigenvalue weighted by Crippen LogP contribution is -2.38. The van der Waals surface area contributed by atoms with Crippen LogP contribution in [0.4, 0.5) is 17.1 Å². The van der Waals surface area contributed by atoms with Gasteiger partial charge in [-0.25, -0.2) is 0 Å². The van der Waals surface area contributed by atoms with Crippen LogP contribution in [-0.2, 0) is 6.54 Å². The van der Waals surface area contributed by atoms with Crippen LogP contribution < -0.4 is 16.0 Å². The summed E-state index contributed by atoms with van der Waals surface area (Å²) in [5.41, 5.74) is 10.3. The van der Waals surface area contributed by atoms with Crippen molar-refractivity contribution >= 4 is 17.1 Å². The lowest BCUT2D eigenvalue weighted by atomic mass is 9.91. The molecule has 2 atom stereocenters. The van der Waals surface area contributed by atoms with E-state index in [1.165, 1.54) is 30.8 Å². The minimum Gasteiger partial charge on any atom is -0.399 e. The molecule has 1 heterocycles. The molecule has 23 heavy (non-hydrogen) atoms. The van der Waals surface area contributed by atoms with Gasteiger partial charge in [-0.05, 0) is 60.2 Å². The predicted molar refractivity (Wildman–Crippen MR) is 99.8 cm³/mol. The van der Waals surface area contributed by atoms with E-state index in [4.69, 9.17) is 5.73 Å². The molecular weight excluding hydrogens is 282 g/mol. The van der Waals surface area contributed by atoms with Crippen molar-refractivity contribution in [1.82, 2.24) is 0 Å². The zero-order valence-corrected chi connectivity index (χ0v) is 14.1. The Labute approximate surface area is 139 Å². The van der Waals surface area contributed by atoms with Gasteiger partial charge in [0.2, 0.25) is 0 Å². The first kappa shape index (κ1) is 15.7. The van der Waals surface area contributed by atoms with E-state index in [2.05, 4.69) is 60.5 Å². The molecular formula is C20H27N3. The van der Waals surface area contributed by atoms with Gasteiger partial charge in [-0.2, -0.15) is 0 Å². The van der Waals surface area contributed by atoms with Crippen LogP contribution in [0.2, 0.25) is 0 Å². The standard InChI is InChI=1S/C20H27N3/c1-15-11-16(2)14-23(13-15)20-9-7-19(8-10-20)22-12-17-3-5-18(21)6-4-17/h3-10,15-16,22H,11-14,21H2,1-2H3/t15-,16-/m1/s1. The molecule has 3 heteroatoms. The van der Waals surface area contributed by atoms with Crippen LogP contribution in [0, 0.1) is 11.8 Å². The van der Waals surface area contributed by atoms with Gasteiger partial charge in [0.05, 0.1) is 0 Å². The molecule has 3 nitrogen and oxygen atoms in total. The smallest absolute Gasteiger partial charge is 0.0400 e. The molecule has 1 fully saturated rings. The number of nitrogens with two attached hydrogens (primary N) is 1. The highest BCUT2D eigenvalue weighted by Crippen LogP contribution is 2.27. The third-order valence-corrected chi connectivity index (χ3v) is 4.58. The van der Waals surface area contributed by atoms with E-state index in [1.54, 1.807) is 0 Å². The molecule has 0 radical (unpaired) electrons. The molecule has 0 bridgehead atoms. The Morgan fingerprint density at radius 2 is 1.57 bits per heavy atom. The van der Waals surface area contributed by atoms with Crippen molar-refractivity contribution in [3.05, 3.63) is 54.1 Å². The van der Waals surface area contributed by atoms with Crippen molar-refractivity contribution in [3.63, 3.8) is 0 Å². The molecule has 3 N–H and O–H groups in total. The van der Waals surface area contributed by atoms with Gasteiger partial charge in [0.15, 0.2) is 0 Å². The molecule has 0 aliphatic carbocycles. The fraction of sp³-hybridized carbons (Fsp3) is 0.400. The Morgan fingerprint density at radius 1 is 0.957 bits per heavy atom. The maximum Gasteiger partial charge on any atom is 0.0400 e. The van der Waals surface area contributed by atoms with Crippen LogP contribution in [0.15, 0.2) is 48.5 Å². The Morgan fingerprint density at radius 3 is 2.17 bits per heavy atom. The van der Waals surface area contributed by atoms with E-state index < -0.39 is 0 Å². The fourth-order valence-electron chi connectivity index (χ4n) is 3.50. The number of nitrogen functional groups attached to an aromatic ring is 1. The SMILES string of the molecule is C[C@@H]1C[C@@H](C)CN(c2ccc(NCc3ccc(N)cc3)cc2)C1. The van der Waals surface area contributed by atoms with Crippen molar-refractivity contribution in [3.8, 4) is 0 Å². The number of benzene rings is 2. The number of piperidine rings is 1. The van der Waals surface area contributed by atoms with Gasteiger partial charge in [-0.1, -0.05) is 26.0 Å².